The molecule has 130 valence electrons. The summed E-state index contributed by atoms with van der Waals surface area (Å²) in [6.07, 6.45) is 2.26. The minimum absolute atomic E-state index is 0.0181. The van der Waals surface area contributed by atoms with E-state index in [4.69, 9.17) is 11.6 Å². The van der Waals surface area contributed by atoms with E-state index in [9.17, 15) is 4.79 Å². The van der Waals surface area contributed by atoms with Crippen LogP contribution in [-0.4, -0.2) is 10.9 Å². The quantitative estimate of drug-likeness (QED) is 0.627. The minimum atomic E-state index is -0.684. The van der Waals surface area contributed by atoms with Crippen molar-refractivity contribution in [2.45, 2.75) is 24.1 Å². The fraction of sp³-hybridized carbons (Fsp3) is 0.238. The van der Waals surface area contributed by atoms with E-state index in [1.165, 1.54) is 11.3 Å². The molecule has 2 aromatic carbocycles. The molecule has 3 aromatic rings. The van der Waals surface area contributed by atoms with Gasteiger partial charge in [-0.2, -0.15) is 0 Å². The summed E-state index contributed by atoms with van der Waals surface area (Å²) in [5.74, 6) is -0.0398. The minimum Gasteiger partial charge on any atom is -0.301 e. The van der Waals surface area contributed by atoms with Crippen LogP contribution in [0, 0.1) is 5.41 Å². The topological polar surface area (TPSA) is 42.0 Å². The maximum Gasteiger partial charge on any atom is 0.233 e. The highest BCUT2D eigenvalue weighted by Crippen LogP contribution is 2.65. The summed E-state index contributed by atoms with van der Waals surface area (Å²) < 4.78 is 0. The van der Waals surface area contributed by atoms with Gasteiger partial charge < -0.3 is 5.32 Å². The molecule has 1 unspecified atom stereocenters. The molecule has 0 fully saturated rings. The zero-order chi connectivity index (χ0) is 17.9. The lowest BCUT2D eigenvalue weighted by Crippen LogP contribution is -2.52. The molecular formula is C21H17ClN2OS. The summed E-state index contributed by atoms with van der Waals surface area (Å²) >= 11 is 8.70. The molecule has 0 spiro atoms. The van der Waals surface area contributed by atoms with E-state index in [0.29, 0.717) is 11.6 Å². The fourth-order valence-electron chi connectivity index (χ4n) is 4.75. The van der Waals surface area contributed by atoms with Crippen molar-refractivity contribution in [2.24, 2.45) is 5.41 Å². The Balaban J connectivity index is 1.70. The number of hydrogen-bond acceptors (Lipinski definition) is 3. The third-order valence-electron chi connectivity index (χ3n) is 5.82. The summed E-state index contributed by atoms with van der Waals surface area (Å²) in [5.41, 5.74) is 3.93. The molecule has 0 radical (unpaired) electrons. The second-order valence-electron chi connectivity index (χ2n) is 7.29. The van der Waals surface area contributed by atoms with E-state index < -0.39 is 10.3 Å². The Morgan fingerprint density at radius 3 is 2.35 bits per heavy atom. The Labute approximate surface area is 161 Å². The lowest BCUT2D eigenvalue weighted by Gasteiger charge is -2.54. The summed E-state index contributed by atoms with van der Waals surface area (Å²) in [6, 6.07) is 16.5. The predicted molar refractivity (Wildman–Crippen MR) is 105 cm³/mol. The molecule has 2 bridgehead atoms. The van der Waals surface area contributed by atoms with Crippen LogP contribution in [-0.2, 0) is 9.67 Å². The average molecular weight is 381 g/mol. The highest BCUT2D eigenvalue weighted by atomic mass is 35.5. The SMILES string of the molecule is CC1(C(=O)Nc2nccs2)CC2(Cl)c3ccccc3C1c1ccccc12. The van der Waals surface area contributed by atoms with Crippen molar-refractivity contribution in [1.29, 1.82) is 0 Å². The molecule has 5 heteroatoms. The maximum atomic E-state index is 13.3. The maximum absolute atomic E-state index is 13.3. The third kappa shape index (κ3) is 2.00. The number of rotatable bonds is 2. The van der Waals surface area contributed by atoms with Gasteiger partial charge in [0.2, 0.25) is 5.91 Å². The summed E-state index contributed by atoms with van der Waals surface area (Å²) in [5, 5.41) is 5.49. The first-order valence-corrected chi connectivity index (χ1v) is 9.88. The molecule has 6 rings (SSSR count). The van der Waals surface area contributed by atoms with Crippen molar-refractivity contribution in [2.75, 3.05) is 5.32 Å². The molecule has 0 saturated heterocycles. The van der Waals surface area contributed by atoms with Crippen molar-refractivity contribution in [3.63, 3.8) is 0 Å². The van der Waals surface area contributed by atoms with Gasteiger partial charge in [-0.25, -0.2) is 4.98 Å². The van der Waals surface area contributed by atoms with Gasteiger partial charge in [-0.05, 0) is 35.6 Å². The molecule has 0 saturated carbocycles. The average Bonchev–Trinajstić information content (AvgIpc) is 3.15. The highest BCUT2D eigenvalue weighted by Gasteiger charge is 2.59. The number of aromatic nitrogens is 1. The number of nitrogens with zero attached hydrogens (tertiary/aromatic N) is 1. The Hall–Kier alpha value is -2.17. The number of halogens is 1. The standard InChI is InChI=1S/C21H17ClN2OS/c1-20(18(25)24-19-23-10-11-26-19)12-21(22)15-8-4-2-6-13(15)17(20)14-7-3-5-9-16(14)21/h2-11,17H,12H2,1H3,(H,23,24,25). The molecule has 3 nitrogen and oxygen atoms in total. The zero-order valence-corrected chi connectivity index (χ0v) is 15.8. The van der Waals surface area contributed by atoms with Crippen LogP contribution in [0.1, 0.15) is 41.5 Å². The van der Waals surface area contributed by atoms with E-state index in [1.807, 2.05) is 36.6 Å². The van der Waals surface area contributed by atoms with Crippen LogP contribution in [0.5, 0.6) is 0 Å². The summed E-state index contributed by atoms with van der Waals surface area (Å²) in [7, 11) is 0. The molecular weight excluding hydrogens is 364 g/mol. The van der Waals surface area contributed by atoms with Crippen molar-refractivity contribution in [1.82, 2.24) is 4.98 Å². The van der Waals surface area contributed by atoms with Crippen molar-refractivity contribution in [3.05, 3.63) is 82.4 Å². The van der Waals surface area contributed by atoms with E-state index >= 15 is 0 Å². The van der Waals surface area contributed by atoms with Crippen molar-refractivity contribution in [3.8, 4) is 0 Å². The monoisotopic (exact) mass is 380 g/mol. The van der Waals surface area contributed by atoms with Crippen LogP contribution in [0.15, 0.2) is 60.1 Å². The number of anilines is 1. The largest absolute Gasteiger partial charge is 0.301 e. The van der Waals surface area contributed by atoms with Crippen LogP contribution in [0.3, 0.4) is 0 Å². The van der Waals surface area contributed by atoms with Crippen LogP contribution in [0.4, 0.5) is 5.13 Å². The molecule has 3 aliphatic carbocycles. The van der Waals surface area contributed by atoms with Gasteiger partial charge in [0.05, 0.1) is 10.3 Å². The fourth-order valence-corrected chi connectivity index (χ4v) is 5.90. The number of alkyl halides is 1. The summed E-state index contributed by atoms with van der Waals surface area (Å²) in [4.78, 5) is 16.9. The number of nitrogens with one attached hydrogen (secondary N) is 1. The number of thiazole rings is 1. The smallest absolute Gasteiger partial charge is 0.233 e. The van der Waals surface area contributed by atoms with Gasteiger partial charge in [-0.15, -0.1) is 22.9 Å². The lowest BCUT2D eigenvalue weighted by atomic mass is 9.52. The normalized spacial score (nSPS) is 28.3. The molecule has 0 aliphatic heterocycles. The second kappa shape index (κ2) is 5.41. The molecule has 1 N–H and O–H groups in total. The highest BCUT2D eigenvalue weighted by molar-refractivity contribution is 7.13. The first-order valence-electron chi connectivity index (χ1n) is 8.63. The Morgan fingerprint density at radius 2 is 1.77 bits per heavy atom. The van der Waals surface area contributed by atoms with Gasteiger partial charge >= 0.3 is 0 Å². The number of benzene rings is 2. The molecule has 1 heterocycles. The van der Waals surface area contributed by atoms with E-state index in [0.717, 1.165) is 22.3 Å². The Kier molecular flexibility index (Phi) is 3.34. The van der Waals surface area contributed by atoms with Gasteiger partial charge in [-0.3, -0.25) is 4.79 Å². The summed E-state index contributed by atoms with van der Waals surface area (Å²) in [6.45, 7) is 2.03. The zero-order valence-electron chi connectivity index (χ0n) is 14.2. The number of fused-ring (bicyclic) bond motifs is 1. The van der Waals surface area contributed by atoms with E-state index in [2.05, 4.69) is 34.6 Å². The number of hydrogen-bond donors (Lipinski definition) is 1. The Bertz CT molecular complexity index is 969. The molecule has 1 atom stereocenters. The third-order valence-corrected chi connectivity index (χ3v) is 7.05. The van der Waals surface area contributed by atoms with Crippen molar-refractivity contribution < 1.29 is 4.79 Å². The van der Waals surface area contributed by atoms with E-state index in [-0.39, 0.29) is 11.8 Å². The first-order chi connectivity index (χ1) is 12.5. The Morgan fingerprint density at radius 1 is 1.15 bits per heavy atom. The number of carbonyl (C=O) groups is 1. The van der Waals surface area contributed by atoms with Crippen LogP contribution in [0.2, 0.25) is 0 Å². The first kappa shape index (κ1) is 16.0. The molecule has 3 aliphatic rings. The number of amides is 1. The van der Waals surface area contributed by atoms with Gasteiger partial charge in [-0.1, -0.05) is 48.5 Å². The second-order valence-corrected chi connectivity index (χ2v) is 8.83. The molecule has 1 aromatic heterocycles. The van der Waals surface area contributed by atoms with Gasteiger partial charge in [0.1, 0.15) is 0 Å². The molecule has 1 amide bonds. The molecule has 26 heavy (non-hydrogen) atoms. The van der Waals surface area contributed by atoms with Gasteiger partial charge in [0.15, 0.2) is 5.13 Å². The van der Waals surface area contributed by atoms with E-state index in [1.54, 1.807) is 6.20 Å². The van der Waals surface area contributed by atoms with Crippen LogP contribution < -0.4 is 5.32 Å². The van der Waals surface area contributed by atoms with Crippen LogP contribution >= 0.6 is 22.9 Å². The number of carbonyl (C=O) groups excluding carboxylic acids is 1. The lowest BCUT2D eigenvalue weighted by molar-refractivity contribution is -0.127. The van der Waals surface area contributed by atoms with Crippen molar-refractivity contribution >= 4 is 34.0 Å². The predicted octanol–water partition coefficient (Wildman–Crippen LogP) is 5.12. The van der Waals surface area contributed by atoms with Crippen LogP contribution in [0.25, 0.3) is 0 Å². The van der Waals surface area contributed by atoms with Gasteiger partial charge in [0, 0.05) is 17.5 Å². The van der Waals surface area contributed by atoms with Gasteiger partial charge in [0.25, 0.3) is 0 Å².